The van der Waals surface area contributed by atoms with Gasteiger partial charge in [-0.3, -0.25) is 0 Å². The molecule has 1 aromatic heterocycles. The second-order valence-electron chi connectivity index (χ2n) is 4.40. The summed E-state index contributed by atoms with van der Waals surface area (Å²) >= 11 is 5.33. The third-order valence-corrected chi connectivity index (χ3v) is 4.93. The minimum atomic E-state index is 0.979. The minimum absolute atomic E-state index is 0.979. The van der Waals surface area contributed by atoms with E-state index < -0.39 is 0 Å². The van der Waals surface area contributed by atoms with Crippen molar-refractivity contribution in [1.29, 1.82) is 0 Å². The predicted molar refractivity (Wildman–Crippen MR) is 82.4 cm³/mol. The molecule has 2 rings (SSSR count). The highest BCUT2D eigenvalue weighted by atomic mass is 79.9. The second-order valence-corrected chi connectivity index (χ2v) is 6.24. The van der Waals surface area contributed by atoms with Crippen LogP contribution in [-0.2, 0) is 6.42 Å². The highest BCUT2D eigenvalue weighted by Gasteiger charge is 2.11. The molecule has 2 aromatic rings. The predicted octanol–water partition coefficient (Wildman–Crippen LogP) is 3.95. The van der Waals surface area contributed by atoms with E-state index in [4.69, 9.17) is 0 Å². The van der Waals surface area contributed by atoms with Crippen molar-refractivity contribution >= 4 is 27.3 Å². The van der Waals surface area contributed by atoms with E-state index in [0.29, 0.717) is 0 Å². The molecule has 0 unspecified atom stereocenters. The summed E-state index contributed by atoms with van der Waals surface area (Å²) in [6.45, 7) is 5.24. The summed E-state index contributed by atoms with van der Waals surface area (Å²) in [7, 11) is 1.97. The Hall–Kier alpha value is -0.710. The van der Waals surface area contributed by atoms with E-state index in [-0.39, 0.29) is 0 Å². The third-order valence-electron chi connectivity index (χ3n) is 2.86. The van der Waals surface area contributed by atoms with Crippen LogP contribution in [0.3, 0.4) is 0 Å². The van der Waals surface area contributed by atoms with Gasteiger partial charge in [0.15, 0.2) is 0 Å². The molecule has 0 radical (unpaired) electrons. The van der Waals surface area contributed by atoms with Gasteiger partial charge < -0.3 is 5.32 Å². The SMILES string of the molecule is CNCCc1sc(-c2ccc(C)cc2C)nc1Br. The smallest absolute Gasteiger partial charge is 0.125 e. The first-order valence-electron chi connectivity index (χ1n) is 5.99. The number of aromatic nitrogens is 1. The highest BCUT2D eigenvalue weighted by molar-refractivity contribution is 9.10. The van der Waals surface area contributed by atoms with Gasteiger partial charge in [0.25, 0.3) is 0 Å². The number of hydrogen-bond acceptors (Lipinski definition) is 3. The Bertz CT molecular complexity index is 549. The molecule has 0 atom stereocenters. The van der Waals surface area contributed by atoms with Crippen molar-refractivity contribution in [3.63, 3.8) is 0 Å². The number of nitrogens with one attached hydrogen (secondary N) is 1. The first kappa shape index (κ1) is 13.7. The number of hydrogen-bond donors (Lipinski definition) is 1. The number of nitrogens with zero attached hydrogens (tertiary/aromatic N) is 1. The molecule has 4 heteroatoms. The fraction of sp³-hybridized carbons (Fsp3) is 0.357. The summed E-state index contributed by atoms with van der Waals surface area (Å²) in [5.41, 5.74) is 3.82. The summed E-state index contributed by atoms with van der Waals surface area (Å²) in [5.74, 6) is 0. The van der Waals surface area contributed by atoms with Crippen LogP contribution >= 0.6 is 27.3 Å². The monoisotopic (exact) mass is 324 g/mol. The molecule has 0 saturated heterocycles. The fourth-order valence-corrected chi connectivity index (χ4v) is 3.67. The molecule has 0 saturated carbocycles. The summed E-state index contributed by atoms with van der Waals surface area (Å²) in [6, 6.07) is 6.51. The van der Waals surface area contributed by atoms with Crippen LogP contribution in [0.2, 0.25) is 0 Å². The minimum Gasteiger partial charge on any atom is -0.319 e. The van der Waals surface area contributed by atoms with Crippen molar-refractivity contribution in [2.24, 2.45) is 0 Å². The topological polar surface area (TPSA) is 24.9 Å². The second kappa shape index (κ2) is 5.95. The van der Waals surface area contributed by atoms with Gasteiger partial charge >= 0.3 is 0 Å². The van der Waals surface area contributed by atoms with E-state index in [9.17, 15) is 0 Å². The average molecular weight is 325 g/mol. The molecular formula is C14H17BrN2S. The number of halogens is 1. The van der Waals surface area contributed by atoms with Crippen molar-refractivity contribution in [3.05, 3.63) is 38.8 Å². The zero-order valence-electron chi connectivity index (χ0n) is 10.9. The molecule has 96 valence electrons. The van der Waals surface area contributed by atoms with Crippen molar-refractivity contribution in [1.82, 2.24) is 10.3 Å². The molecule has 2 nitrogen and oxygen atoms in total. The molecule has 0 bridgehead atoms. The molecule has 18 heavy (non-hydrogen) atoms. The summed E-state index contributed by atoms with van der Waals surface area (Å²) < 4.78 is 0.984. The largest absolute Gasteiger partial charge is 0.319 e. The Morgan fingerprint density at radius 1 is 1.33 bits per heavy atom. The van der Waals surface area contributed by atoms with Gasteiger partial charge in [-0.1, -0.05) is 23.8 Å². The number of benzene rings is 1. The Balaban J connectivity index is 2.33. The standard InChI is InChI=1S/C14H17BrN2S/c1-9-4-5-11(10(2)8-9)14-17-13(15)12(18-14)6-7-16-3/h4-5,8,16H,6-7H2,1-3H3. The first-order valence-corrected chi connectivity index (χ1v) is 7.60. The van der Waals surface area contributed by atoms with Gasteiger partial charge in [-0.05, 0) is 55.4 Å². The lowest BCUT2D eigenvalue weighted by atomic mass is 10.1. The summed E-state index contributed by atoms with van der Waals surface area (Å²) in [5, 5.41) is 4.27. The van der Waals surface area contributed by atoms with Crippen molar-refractivity contribution < 1.29 is 0 Å². The van der Waals surface area contributed by atoms with E-state index in [2.05, 4.69) is 58.3 Å². The van der Waals surface area contributed by atoms with Crippen LogP contribution in [0.25, 0.3) is 10.6 Å². The lowest BCUT2D eigenvalue weighted by Gasteiger charge is -2.02. The lowest BCUT2D eigenvalue weighted by Crippen LogP contribution is -2.09. The number of thiazole rings is 1. The van der Waals surface area contributed by atoms with Crippen molar-refractivity contribution in [2.45, 2.75) is 20.3 Å². The Labute approximate surface area is 121 Å². The Morgan fingerprint density at radius 3 is 2.78 bits per heavy atom. The van der Waals surface area contributed by atoms with E-state index in [1.807, 2.05) is 7.05 Å². The number of aryl methyl sites for hydroxylation is 2. The van der Waals surface area contributed by atoms with Gasteiger partial charge in [-0.2, -0.15) is 0 Å². The summed E-state index contributed by atoms with van der Waals surface area (Å²) in [6.07, 6.45) is 1.01. The van der Waals surface area contributed by atoms with Crippen LogP contribution in [0.5, 0.6) is 0 Å². The Morgan fingerprint density at radius 2 is 2.11 bits per heavy atom. The molecule has 1 heterocycles. The van der Waals surface area contributed by atoms with Crippen LogP contribution in [0.1, 0.15) is 16.0 Å². The molecule has 0 aliphatic heterocycles. The quantitative estimate of drug-likeness (QED) is 0.921. The van der Waals surface area contributed by atoms with Crippen LogP contribution in [0.4, 0.5) is 0 Å². The van der Waals surface area contributed by atoms with Gasteiger partial charge in [0.1, 0.15) is 9.61 Å². The number of rotatable bonds is 4. The lowest BCUT2D eigenvalue weighted by molar-refractivity contribution is 0.796. The third kappa shape index (κ3) is 2.99. The van der Waals surface area contributed by atoms with Gasteiger partial charge in [-0.15, -0.1) is 11.3 Å². The number of likely N-dealkylation sites (N-methyl/N-ethyl adjacent to an activating group) is 1. The van der Waals surface area contributed by atoms with Crippen LogP contribution in [-0.4, -0.2) is 18.6 Å². The van der Waals surface area contributed by atoms with Gasteiger partial charge in [0.2, 0.25) is 0 Å². The summed E-state index contributed by atoms with van der Waals surface area (Å²) in [4.78, 5) is 5.94. The van der Waals surface area contributed by atoms with Gasteiger partial charge in [0, 0.05) is 10.4 Å². The zero-order valence-corrected chi connectivity index (χ0v) is 13.3. The molecule has 0 aliphatic rings. The maximum Gasteiger partial charge on any atom is 0.125 e. The molecule has 1 N–H and O–H groups in total. The van der Waals surface area contributed by atoms with E-state index in [0.717, 1.165) is 22.6 Å². The van der Waals surface area contributed by atoms with E-state index in [1.54, 1.807) is 11.3 Å². The fourth-order valence-electron chi connectivity index (χ4n) is 1.89. The van der Waals surface area contributed by atoms with Crippen molar-refractivity contribution in [2.75, 3.05) is 13.6 Å². The van der Waals surface area contributed by atoms with Gasteiger partial charge in [-0.25, -0.2) is 4.98 Å². The van der Waals surface area contributed by atoms with Crippen LogP contribution in [0.15, 0.2) is 22.8 Å². The maximum atomic E-state index is 4.63. The molecule has 0 aliphatic carbocycles. The molecule has 1 aromatic carbocycles. The molecular weight excluding hydrogens is 308 g/mol. The highest BCUT2D eigenvalue weighted by Crippen LogP contribution is 2.33. The van der Waals surface area contributed by atoms with E-state index in [1.165, 1.54) is 21.6 Å². The van der Waals surface area contributed by atoms with E-state index >= 15 is 0 Å². The van der Waals surface area contributed by atoms with Gasteiger partial charge in [0.05, 0.1) is 0 Å². The van der Waals surface area contributed by atoms with Crippen LogP contribution in [0, 0.1) is 13.8 Å². The zero-order chi connectivity index (χ0) is 13.1. The molecule has 0 fully saturated rings. The first-order chi connectivity index (χ1) is 8.61. The normalized spacial score (nSPS) is 10.9. The molecule has 0 amide bonds. The van der Waals surface area contributed by atoms with Crippen molar-refractivity contribution in [3.8, 4) is 10.6 Å². The molecule has 0 spiro atoms. The average Bonchev–Trinajstić information content (AvgIpc) is 2.68. The van der Waals surface area contributed by atoms with Crippen LogP contribution < -0.4 is 5.32 Å². The maximum absolute atomic E-state index is 4.63. The Kier molecular flexibility index (Phi) is 4.54.